The number of hydrogen-bond acceptors (Lipinski definition) is 8. The lowest BCUT2D eigenvalue weighted by Gasteiger charge is -2.20. The van der Waals surface area contributed by atoms with E-state index >= 15 is 0 Å². The van der Waals surface area contributed by atoms with E-state index in [0.717, 1.165) is 12.8 Å². The summed E-state index contributed by atoms with van der Waals surface area (Å²) < 4.78 is 10.9. The number of hydrogen-bond donors (Lipinski definition) is 4. The highest BCUT2D eigenvalue weighted by molar-refractivity contribution is 5.52. The summed E-state index contributed by atoms with van der Waals surface area (Å²) in [7, 11) is 1.43. The van der Waals surface area contributed by atoms with Gasteiger partial charge in [0.25, 0.3) is 0 Å². The Balaban J connectivity index is 2.19. The number of rotatable bonds is 10. The Labute approximate surface area is 151 Å². The molecule has 0 fully saturated rings. The average molecular weight is 363 g/mol. The maximum Gasteiger partial charge on any atom is 0.223 e. The molecule has 0 aliphatic carbocycles. The topological polar surface area (TPSA) is 135 Å². The molecule has 0 saturated carbocycles. The number of nitrogen functional groups attached to an aromatic ring is 1. The van der Waals surface area contributed by atoms with Crippen LogP contribution in [-0.2, 0) is 6.61 Å². The Morgan fingerprint density at radius 1 is 1.42 bits per heavy atom. The number of nitrogens with two attached hydrogens (primary N) is 1. The Morgan fingerprint density at radius 2 is 2.23 bits per heavy atom. The quantitative estimate of drug-likeness (QED) is 0.496. The highest BCUT2D eigenvalue weighted by Crippen LogP contribution is 2.25. The molecule has 9 heteroatoms. The van der Waals surface area contributed by atoms with E-state index < -0.39 is 0 Å². The van der Waals surface area contributed by atoms with Crippen LogP contribution >= 0.6 is 0 Å². The molecule has 0 unspecified atom stereocenters. The molecule has 5 N–H and O–H groups in total. The van der Waals surface area contributed by atoms with E-state index in [0.29, 0.717) is 23.7 Å². The minimum absolute atomic E-state index is 0.0349. The van der Waals surface area contributed by atoms with Crippen LogP contribution in [0.15, 0.2) is 23.3 Å². The highest BCUT2D eigenvalue weighted by atomic mass is 16.5. The molecule has 0 saturated heterocycles. The second-order valence-corrected chi connectivity index (χ2v) is 5.73. The van der Waals surface area contributed by atoms with E-state index in [9.17, 15) is 9.90 Å². The van der Waals surface area contributed by atoms with Crippen LogP contribution in [0.4, 0.5) is 11.8 Å². The average Bonchev–Trinajstić information content (AvgIpc) is 2.61. The lowest BCUT2D eigenvalue weighted by molar-refractivity contribution is 0.275. The van der Waals surface area contributed by atoms with E-state index in [2.05, 4.69) is 27.2 Å². The number of aromatic nitrogens is 3. The van der Waals surface area contributed by atoms with Gasteiger partial charge in [0.2, 0.25) is 11.4 Å². The Hall–Kier alpha value is -2.81. The van der Waals surface area contributed by atoms with Crippen LogP contribution in [0.1, 0.15) is 31.9 Å². The van der Waals surface area contributed by atoms with Gasteiger partial charge in [-0.05, 0) is 12.8 Å². The Morgan fingerprint density at radius 3 is 2.92 bits per heavy atom. The number of methoxy groups -OCH3 is 1. The summed E-state index contributed by atoms with van der Waals surface area (Å²) in [5.74, 6) is 1.15. The normalized spacial score (nSPS) is 11.8. The molecule has 2 heterocycles. The first kappa shape index (κ1) is 19.5. The second-order valence-electron chi connectivity index (χ2n) is 5.73. The number of nitrogens with zero attached hydrogens (tertiary/aromatic N) is 2. The van der Waals surface area contributed by atoms with E-state index in [1.54, 1.807) is 0 Å². The van der Waals surface area contributed by atoms with Crippen LogP contribution in [-0.4, -0.2) is 39.8 Å². The van der Waals surface area contributed by atoms with E-state index in [1.807, 2.05) is 0 Å². The molecule has 0 aliphatic heterocycles. The number of anilines is 2. The minimum Gasteiger partial charge on any atom is -0.491 e. The summed E-state index contributed by atoms with van der Waals surface area (Å²) in [6.45, 7) is 2.20. The fourth-order valence-corrected chi connectivity index (χ4v) is 2.57. The third kappa shape index (κ3) is 5.09. The largest absolute Gasteiger partial charge is 0.491 e. The lowest BCUT2D eigenvalue weighted by Crippen LogP contribution is -2.22. The zero-order valence-electron chi connectivity index (χ0n) is 15.0. The van der Waals surface area contributed by atoms with Gasteiger partial charge in [-0.15, -0.1) is 0 Å². The molecule has 1 atom stereocenters. The molecule has 2 aromatic rings. The Bertz CT molecular complexity index is 759. The molecule has 9 nitrogen and oxygen atoms in total. The van der Waals surface area contributed by atoms with Crippen molar-refractivity contribution in [2.75, 3.05) is 24.8 Å². The zero-order valence-corrected chi connectivity index (χ0v) is 15.0. The lowest BCUT2D eigenvalue weighted by atomic mass is 10.1. The number of H-pyrrole nitrogens is 1. The van der Waals surface area contributed by atoms with Gasteiger partial charge in [-0.3, -0.25) is 4.79 Å². The zero-order chi connectivity index (χ0) is 18.9. The minimum atomic E-state index is -0.234. The van der Waals surface area contributed by atoms with Crippen LogP contribution in [0, 0.1) is 0 Å². The number of aromatic amines is 1. The molecule has 0 spiro atoms. The van der Waals surface area contributed by atoms with Gasteiger partial charge in [0.05, 0.1) is 19.0 Å². The van der Waals surface area contributed by atoms with Gasteiger partial charge in [0, 0.05) is 24.9 Å². The molecule has 2 aromatic heterocycles. The highest BCUT2D eigenvalue weighted by Gasteiger charge is 2.15. The third-order valence-corrected chi connectivity index (χ3v) is 3.80. The maximum atomic E-state index is 11.8. The number of aliphatic hydroxyl groups is 1. The summed E-state index contributed by atoms with van der Waals surface area (Å²) in [6.07, 6.45) is 5.40. The Kier molecular flexibility index (Phi) is 7.22. The summed E-state index contributed by atoms with van der Waals surface area (Å²) in [5.41, 5.74) is 5.96. The first-order valence-electron chi connectivity index (χ1n) is 8.46. The van der Waals surface area contributed by atoms with Crippen molar-refractivity contribution in [1.82, 2.24) is 15.0 Å². The number of aliphatic hydroxyl groups excluding tert-OH is 1. The van der Waals surface area contributed by atoms with Crippen molar-refractivity contribution in [3.05, 3.63) is 34.4 Å². The van der Waals surface area contributed by atoms with Crippen molar-refractivity contribution in [2.45, 2.75) is 38.8 Å². The van der Waals surface area contributed by atoms with Gasteiger partial charge < -0.3 is 30.6 Å². The van der Waals surface area contributed by atoms with Crippen LogP contribution < -0.4 is 26.0 Å². The summed E-state index contributed by atoms with van der Waals surface area (Å²) >= 11 is 0. The van der Waals surface area contributed by atoms with Crippen LogP contribution in [0.2, 0.25) is 0 Å². The standard InChI is InChI=1S/C17H25N5O4/c1-3-4-11(6-8-23)21-16-14(9-20-17(18)22-16)26-10-12-15(25-2)13(24)5-7-19-12/h5,7,9,11,23H,3-4,6,8,10H2,1-2H3,(H,19,24)(H3,18,20,21,22)/t11-/m0/s1. The molecule has 2 rings (SSSR count). The number of pyridine rings is 1. The van der Waals surface area contributed by atoms with Gasteiger partial charge in [-0.2, -0.15) is 4.98 Å². The summed E-state index contributed by atoms with van der Waals surface area (Å²) in [5, 5.41) is 12.5. The number of nitrogens with one attached hydrogen (secondary N) is 2. The maximum absolute atomic E-state index is 11.8. The van der Waals surface area contributed by atoms with Gasteiger partial charge in [-0.25, -0.2) is 4.98 Å². The molecule has 0 aromatic carbocycles. The van der Waals surface area contributed by atoms with Crippen LogP contribution in [0.25, 0.3) is 0 Å². The van der Waals surface area contributed by atoms with E-state index in [1.165, 1.54) is 25.6 Å². The molecule has 142 valence electrons. The predicted molar refractivity (Wildman–Crippen MR) is 98.4 cm³/mol. The first-order valence-corrected chi connectivity index (χ1v) is 8.46. The van der Waals surface area contributed by atoms with Crippen molar-refractivity contribution >= 4 is 11.8 Å². The van der Waals surface area contributed by atoms with Crippen LogP contribution in [0.3, 0.4) is 0 Å². The molecule has 0 amide bonds. The first-order chi connectivity index (χ1) is 12.6. The summed E-state index contributed by atoms with van der Waals surface area (Å²) in [4.78, 5) is 22.9. The van der Waals surface area contributed by atoms with Crippen molar-refractivity contribution in [1.29, 1.82) is 0 Å². The SMILES string of the molecule is CCC[C@@H](CCO)Nc1nc(N)ncc1OCc1[nH]ccc(=O)c1OC. The molecular weight excluding hydrogens is 338 g/mol. The van der Waals surface area contributed by atoms with Crippen LogP contribution in [0.5, 0.6) is 11.5 Å². The molecule has 26 heavy (non-hydrogen) atoms. The van der Waals surface area contributed by atoms with E-state index in [4.69, 9.17) is 15.2 Å². The van der Waals surface area contributed by atoms with Gasteiger partial charge in [0.1, 0.15) is 6.61 Å². The van der Waals surface area contributed by atoms with Crippen molar-refractivity contribution < 1.29 is 14.6 Å². The van der Waals surface area contributed by atoms with E-state index in [-0.39, 0.29) is 36.4 Å². The molecule has 0 bridgehead atoms. The van der Waals surface area contributed by atoms with Gasteiger partial charge in [0.15, 0.2) is 17.3 Å². The van der Waals surface area contributed by atoms with Crippen molar-refractivity contribution in [2.24, 2.45) is 0 Å². The van der Waals surface area contributed by atoms with Crippen molar-refractivity contribution in [3.8, 4) is 11.5 Å². The fourth-order valence-electron chi connectivity index (χ4n) is 2.57. The second kappa shape index (κ2) is 9.62. The third-order valence-electron chi connectivity index (χ3n) is 3.80. The molecule has 0 radical (unpaired) electrons. The smallest absolute Gasteiger partial charge is 0.223 e. The number of ether oxygens (including phenoxy) is 2. The van der Waals surface area contributed by atoms with Crippen molar-refractivity contribution in [3.63, 3.8) is 0 Å². The predicted octanol–water partition coefficient (Wildman–Crippen LogP) is 1.30. The monoisotopic (exact) mass is 363 g/mol. The fraction of sp³-hybridized carbons (Fsp3) is 0.471. The molecule has 0 aliphatic rings. The van der Waals surface area contributed by atoms with Gasteiger partial charge in [-0.1, -0.05) is 13.3 Å². The summed E-state index contributed by atoms with van der Waals surface area (Å²) in [6, 6.07) is 1.42. The molecular formula is C17H25N5O4. The van der Waals surface area contributed by atoms with Gasteiger partial charge >= 0.3 is 0 Å².